The minimum absolute atomic E-state index is 0.237. The number of rotatable bonds is 9. The van der Waals surface area contributed by atoms with Gasteiger partial charge in [-0.05, 0) is 36.8 Å². The summed E-state index contributed by atoms with van der Waals surface area (Å²) in [6.45, 7) is 1.99. The molecule has 0 aliphatic rings. The third kappa shape index (κ3) is 7.44. The molecule has 0 aliphatic carbocycles. The quantitative estimate of drug-likeness (QED) is 0.514. The van der Waals surface area contributed by atoms with E-state index in [0.29, 0.717) is 11.3 Å². The molecule has 1 amide bonds. The second kappa shape index (κ2) is 11.1. The Morgan fingerprint density at radius 2 is 1.68 bits per heavy atom. The van der Waals surface area contributed by atoms with Crippen LogP contribution in [0.25, 0.3) is 0 Å². The summed E-state index contributed by atoms with van der Waals surface area (Å²) in [5.74, 6) is -0.604. The maximum absolute atomic E-state index is 11.8. The van der Waals surface area contributed by atoms with Gasteiger partial charge >= 0.3 is 11.9 Å². The Kier molecular flexibility index (Phi) is 8.55. The minimum Gasteiger partial charge on any atom is -0.465 e. The molecule has 6 nitrogen and oxygen atoms in total. The fourth-order valence-corrected chi connectivity index (χ4v) is 3.07. The number of hydrogen-bond acceptors (Lipinski definition) is 6. The predicted octanol–water partition coefficient (Wildman–Crippen LogP) is 3.12. The van der Waals surface area contributed by atoms with Crippen LogP contribution in [0.3, 0.4) is 0 Å². The summed E-state index contributed by atoms with van der Waals surface area (Å²) in [4.78, 5) is 36.0. The van der Waals surface area contributed by atoms with E-state index in [-0.39, 0.29) is 25.5 Å². The Morgan fingerprint density at radius 3 is 2.32 bits per heavy atom. The molecule has 0 unspecified atom stereocenters. The first-order valence-electron chi connectivity index (χ1n) is 8.77. The smallest absolute Gasteiger partial charge is 0.337 e. The maximum atomic E-state index is 11.8. The summed E-state index contributed by atoms with van der Waals surface area (Å²) >= 11 is 1.57. The summed E-state index contributed by atoms with van der Waals surface area (Å²) in [6, 6.07) is 14.8. The first-order chi connectivity index (χ1) is 13.5. The van der Waals surface area contributed by atoms with Gasteiger partial charge in [0.05, 0.1) is 19.1 Å². The molecule has 28 heavy (non-hydrogen) atoms. The van der Waals surface area contributed by atoms with Crippen molar-refractivity contribution in [3.8, 4) is 0 Å². The van der Waals surface area contributed by atoms with E-state index >= 15 is 0 Å². The first kappa shape index (κ1) is 21.5. The van der Waals surface area contributed by atoms with Crippen LogP contribution in [0.2, 0.25) is 0 Å². The van der Waals surface area contributed by atoms with E-state index in [2.05, 4.69) is 10.1 Å². The van der Waals surface area contributed by atoms with Crippen LogP contribution in [-0.2, 0) is 25.6 Å². The van der Waals surface area contributed by atoms with E-state index in [4.69, 9.17) is 4.74 Å². The molecule has 0 atom stereocenters. The lowest BCUT2D eigenvalue weighted by molar-refractivity contribution is -0.148. The maximum Gasteiger partial charge on any atom is 0.337 e. The van der Waals surface area contributed by atoms with Gasteiger partial charge in [0, 0.05) is 17.2 Å². The van der Waals surface area contributed by atoms with E-state index in [1.54, 1.807) is 36.0 Å². The Balaban J connectivity index is 1.62. The SMILES string of the molecule is COC(=O)c1ccc(CNC(=O)COC(=O)CCSc2ccc(C)cc2)cc1. The van der Waals surface area contributed by atoms with Gasteiger partial charge in [-0.25, -0.2) is 4.79 Å². The van der Waals surface area contributed by atoms with E-state index in [1.165, 1.54) is 12.7 Å². The molecule has 0 spiro atoms. The Labute approximate surface area is 168 Å². The Morgan fingerprint density at radius 1 is 1.00 bits per heavy atom. The number of thioether (sulfide) groups is 1. The Hall–Kier alpha value is -2.80. The van der Waals surface area contributed by atoms with E-state index < -0.39 is 11.9 Å². The number of methoxy groups -OCH3 is 1. The second-order valence-corrected chi connectivity index (χ2v) is 7.21. The molecule has 0 saturated carbocycles. The summed E-state index contributed by atoms with van der Waals surface area (Å²) < 4.78 is 9.62. The number of esters is 2. The zero-order chi connectivity index (χ0) is 20.4. The molecule has 0 aromatic heterocycles. The molecule has 0 saturated heterocycles. The van der Waals surface area contributed by atoms with Crippen molar-refractivity contribution in [1.29, 1.82) is 0 Å². The molecule has 1 N–H and O–H groups in total. The van der Waals surface area contributed by atoms with Crippen molar-refractivity contribution in [2.24, 2.45) is 0 Å². The molecule has 2 aromatic rings. The van der Waals surface area contributed by atoms with Crippen LogP contribution in [0.5, 0.6) is 0 Å². The van der Waals surface area contributed by atoms with Crippen LogP contribution in [-0.4, -0.2) is 37.3 Å². The highest BCUT2D eigenvalue weighted by atomic mass is 32.2. The van der Waals surface area contributed by atoms with Crippen molar-refractivity contribution in [1.82, 2.24) is 5.32 Å². The minimum atomic E-state index is -0.414. The lowest BCUT2D eigenvalue weighted by Gasteiger charge is -2.07. The van der Waals surface area contributed by atoms with Crippen LogP contribution < -0.4 is 5.32 Å². The highest BCUT2D eigenvalue weighted by Gasteiger charge is 2.09. The van der Waals surface area contributed by atoms with Crippen molar-refractivity contribution in [3.05, 3.63) is 65.2 Å². The van der Waals surface area contributed by atoms with Crippen LogP contribution in [0.4, 0.5) is 0 Å². The monoisotopic (exact) mass is 401 g/mol. The van der Waals surface area contributed by atoms with Crippen LogP contribution in [0.1, 0.15) is 27.9 Å². The average Bonchev–Trinajstić information content (AvgIpc) is 2.72. The number of ether oxygens (including phenoxy) is 2. The molecule has 0 heterocycles. The zero-order valence-electron chi connectivity index (χ0n) is 15.9. The van der Waals surface area contributed by atoms with Crippen LogP contribution >= 0.6 is 11.8 Å². The standard InChI is InChI=1S/C21H23NO5S/c1-15-3-9-18(10-4-15)28-12-11-20(24)27-14-19(23)22-13-16-5-7-17(8-6-16)21(25)26-2/h3-10H,11-14H2,1-2H3,(H,22,23). The predicted molar refractivity (Wildman–Crippen MR) is 107 cm³/mol. The van der Waals surface area contributed by atoms with Crippen molar-refractivity contribution < 1.29 is 23.9 Å². The number of benzene rings is 2. The van der Waals surface area contributed by atoms with Gasteiger partial charge in [0.1, 0.15) is 0 Å². The number of aryl methyl sites for hydroxylation is 1. The Bertz CT molecular complexity index is 803. The topological polar surface area (TPSA) is 81.7 Å². The number of carbonyl (C=O) groups is 3. The molecule has 0 fully saturated rings. The molecule has 2 aromatic carbocycles. The van der Waals surface area contributed by atoms with Gasteiger partial charge in [-0.1, -0.05) is 29.8 Å². The molecular weight excluding hydrogens is 378 g/mol. The highest BCUT2D eigenvalue weighted by molar-refractivity contribution is 7.99. The average molecular weight is 401 g/mol. The third-order valence-electron chi connectivity index (χ3n) is 3.82. The zero-order valence-corrected chi connectivity index (χ0v) is 16.7. The number of amides is 1. The summed E-state index contributed by atoms with van der Waals surface area (Å²) in [5.41, 5.74) is 2.45. The van der Waals surface area contributed by atoms with E-state index in [9.17, 15) is 14.4 Å². The molecule has 2 rings (SSSR count). The molecule has 7 heteroatoms. The lowest BCUT2D eigenvalue weighted by Crippen LogP contribution is -2.28. The number of hydrogen-bond donors (Lipinski definition) is 1. The third-order valence-corrected chi connectivity index (χ3v) is 4.84. The molecular formula is C21H23NO5S. The van der Waals surface area contributed by atoms with Crippen molar-refractivity contribution in [2.45, 2.75) is 24.8 Å². The normalized spacial score (nSPS) is 10.2. The highest BCUT2D eigenvalue weighted by Crippen LogP contribution is 2.19. The summed E-state index contributed by atoms with van der Waals surface area (Å²) in [7, 11) is 1.32. The fourth-order valence-electron chi connectivity index (χ4n) is 2.23. The van der Waals surface area contributed by atoms with Gasteiger partial charge in [-0.2, -0.15) is 0 Å². The summed E-state index contributed by atoms with van der Waals surface area (Å²) in [6.07, 6.45) is 0.237. The second-order valence-electron chi connectivity index (χ2n) is 6.04. The van der Waals surface area contributed by atoms with Gasteiger partial charge < -0.3 is 14.8 Å². The van der Waals surface area contributed by atoms with Gasteiger partial charge in [-0.15, -0.1) is 11.8 Å². The van der Waals surface area contributed by atoms with Crippen LogP contribution in [0.15, 0.2) is 53.4 Å². The van der Waals surface area contributed by atoms with Gasteiger partial charge in [0.25, 0.3) is 5.91 Å². The van der Waals surface area contributed by atoms with Gasteiger partial charge in [0.2, 0.25) is 0 Å². The van der Waals surface area contributed by atoms with Gasteiger partial charge in [0.15, 0.2) is 6.61 Å². The van der Waals surface area contributed by atoms with Crippen molar-refractivity contribution in [2.75, 3.05) is 19.5 Å². The van der Waals surface area contributed by atoms with Crippen LogP contribution in [0, 0.1) is 6.92 Å². The summed E-state index contributed by atoms with van der Waals surface area (Å²) in [5, 5.41) is 2.67. The van der Waals surface area contributed by atoms with Crippen molar-refractivity contribution in [3.63, 3.8) is 0 Å². The molecule has 0 aliphatic heterocycles. The lowest BCUT2D eigenvalue weighted by atomic mass is 10.1. The first-order valence-corrected chi connectivity index (χ1v) is 9.75. The largest absolute Gasteiger partial charge is 0.465 e. The molecule has 0 bridgehead atoms. The number of carbonyl (C=O) groups excluding carboxylic acids is 3. The number of nitrogens with one attached hydrogen (secondary N) is 1. The van der Waals surface area contributed by atoms with E-state index in [0.717, 1.165) is 10.5 Å². The molecule has 148 valence electrons. The van der Waals surface area contributed by atoms with Crippen molar-refractivity contribution >= 4 is 29.6 Å². The fraction of sp³-hybridized carbons (Fsp3) is 0.286. The van der Waals surface area contributed by atoms with Gasteiger partial charge in [-0.3, -0.25) is 9.59 Å². The van der Waals surface area contributed by atoms with E-state index in [1.807, 2.05) is 31.2 Å². The molecule has 0 radical (unpaired) electrons.